The Morgan fingerprint density at radius 2 is 1.88 bits per heavy atom. The molecule has 3 aromatic carbocycles. The van der Waals surface area contributed by atoms with Crippen molar-refractivity contribution in [3.8, 4) is 28.4 Å². The van der Waals surface area contributed by atoms with Gasteiger partial charge in [0.15, 0.2) is 11.5 Å². The van der Waals surface area contributed by atoms with Crippen molar-refractivity contribution in [1.29, 1.82) is 0 Å². The van der Waals surface area contributed by atoms with Crippen molar-refractivity contribution in [3.63, 3.8) is 0 Å². The van der Waals surface area contributed by atoms with E-state index in [2.05, 4.69) is 32.2 Å². The summed E-state index contributed by atoms with van der Waals surface area (Å²) in [4.78, 5) is 0. The molecule has 4 nitrogen and oxygen atoms in total. The van der Waals surface area contributed by atoms with Gasteiger partial charge in [0.05, 0.1) is 18.2 Å². The second-order valence-corrected chi connectivity index (χ2v) is 8.74. The van der Waals surface area contributed by atoms with E-state index in [0.717, 1.165) is 28.0 Å². The van der Waals surface area contributed by atoms with E-state index in [4.69, 9.17) is 9.47 Å². The molecular formula is C27H24FNO3. The average Bonchev–Trinajstić information content (AvgIpc) is 2.72. The molecule has 2 aliphatic rings. The molecule has 0 atom stereocenters. The number of nitrogens with one attached hydrogen (secondary N) is 1. The molecule has 0 aliphatic carbocycles. The normalized spacial score (nSPS) is 16.8. The molecule has 0 fully saturated rings. The van der Waals surface area contributed by atoms with E-state index >= 15 is 0 Å². The number of hydrogen-bond acceptors (Lipinski definition) is 4. The minimum absolute atomic E-state index is 0.0441. The van der Waals surface area contributed by atoms with Crippen molar-refractivity contribution in [2.75, 3.05) is 12.4 Å². The first-order valence-corrected chi connectivity index (χ1v) is 10.5. The number of rotatable bonds is 2. The first-order valence-electron chi connectivity index (χ1n) is 10.5. The van der Waals surface area contributed by atoms with Gasteiger partial charge in [-0.2, -0.15) is 0 Å². The molecule has 0 saturated heterocycles. The Hall–Kier alpha value is -3.73. The monoisotopic (exact) mass is 429 g/mol. The van der Waals surface area contributed by atoms with Crippen LogP contribution in [0.25, 0.3) is 28.5 Å². The number of hydrogen-bond donors (Lipinski definition) is 2. The highest BCUT2D eigenvalue weighted by Gasteiger charge is 2.33. The quantitative estimate of drug-likeness (QED) is 0.476. The number of anilines is 1. The van der Waals surface area contributed by atoms with E-state index < -0.39 is 0 Å². The van der Waals surface area contributed by atoms with Gasteiger partial charge >= 0.3 is 0 Å². The Balaban J connectivity index is 1.84. The van der Waals surface area contributed by atoms with Crippen LogP contribution in [0.2, 0.25) is 0 Å². The Labute approximate surface area is 186 Å². The van der Waals surface area contributed by atoms with Crippen LogP contribution >= 0.6 is 0 Å². The lowest BCUT2D eigenvalue weighted by Crippen LogP contribution is -2.32. The summed E-state index contributed by atoms with van der Waals surface area (Å²) in [5.41, 5.74) is 6.07. The van der Waals surface area contributed by atoms with Gasteiger partial charge in [-0.1, -0.05) is 24.3 Å². The average molecular weight is 429 g/mol. The predicted octanol–water partition coefficient (Wildman–Crippen LogP) is 6.70. The van der Waals surface area contributed by atoms with Crippen molar-refractivity contribution in [1.82, 2.24) is 0 Å². The Morgan fingerprint density at radius 1 is 1.06 bits per heavy atom. The zero-order valence-electron chi connectivity index (χ0n) is 18.4. The molecule has 0 aromatic heterocycles. The maximum absolute atomic E-state index is 13.9. The van der Waals surface area contributed by atoms with Gasteiger partial charge in [-0.3, -0.25) is 0 Å². The van der Waals surface area contributed by atoms with Gasteiger partial charge in [0.2, 0.25) is 0 Å². The number of benzene rings is 3. The van der Waals surface area contributed by atoms with Crippen molar-refractivity contribution in [3.05, 3.63) is 77.1 Å². The maximum Gasteiger partial charge on any atom is 0.172 e. The van der Waals surface area contributed by atoms with E-state index in [0.29, 0.717) is 28.4 Å². The lowest BCUT2D eigenvalue weighted by Gasteiger charge is -2.35. The predicted molar refractivity (Wildman–Crippen MR) is 126 cm³/mol. The molecule has 5 rings (SSSR count). The summed E-state index contributed by atoms with van der Waals surface area (Å²) in [5, 5.41) is 14.0. The van der Waals surface area contributed by atoms with Crippen LogP contribution in [-0.4, -0.2) is 17.8 Å². The minimum Gasteiger partial charge on any atom is -0.504 e. The van der Waals surface area contributed by atoms with E-state index in [-0.39, 0.29) is 17.1 Å². The summed E-state index contributed by atoms with van der Waals surface area (Å²) in [5.74, 6) is 1.27. The fourth-order valence-corrected chi connectivity index (χ4v) is 4.70. The van der Waals surface area contributed by atoms with Gasteiger partial charge in [0, 0.05) is 22.4 Å². The lowest BCUT2D eigenvalue weighted by molar-refractivity contribution is 0.371. The first kappa shape index (κ1) is 20.2. The third kappa shape index (κ3) is 3.21. The van der Waals surface area contributed by atoms with Gasteiger partial charge < -0.3 is 19.9 Å². The molecule has 5 heteroatoms. The van der Waals surface area contributed by atoms with Gasteiger partial charge in [-0.05, 0) is 68.3 Å². The Morgan fingerprint density at radius 3 is 2.62 bits per heavy atom. The SMILES string of the molecule is COc1c(O)ccc2c1-c1ccc3c(c1C(=Cc1cccc(F)c1)O2)C(C)=CC(C)(C)N3. The maximum atomic E-state index is 13.9. The number of allylic oxidation sites excluding steroid dienone is 1. The molecule has 0 amide bonds. The number of phenolic OH excluding ortho intramolecular Hbond substituents is 1. The number of aromatic hydroxyl groups is 1. The molecule has 0 saturated carbocycles. The van der Waals surface area contributed by atoms with Gasteiger partial charge in [0.25, 0.3) is 0 Å². The van der Waals surface area contributed by atoms with Crippen molar-refractivity contribution >= 4 is 23.1 Å². The number of fused-ring (bicyclic) bond motifs is 5. The zero-order valence-corrected chi connectivity index (χ0v) is 18.4. The number of phenols is 1. The van der Waals surface area contributed by atoms with E-state index in [9.17, 15) is 9.50 Å². The van der Waals surface area contributed by atoms with Gasteiger partial charge in [-0.15, -0.1) is 0 Å². The highest BCUT2D eigenvalue weighted by atomic mass is 19.1. The largest absolute Gasteiger partial charge is 0.504 e. The minimum atomic E-state index is -0.308. The standard InChI is InChI=1S/C27H24FNO3/c1-15-14-27(2,3)29-19-9-8-18-24(23(15)19)22(13-16-6-5-7-17(28)12-16)32-21-11-10-20(30)26(31-4)25(18)21/h5-14,29-30H,1-4H3. The molecule has 0 radical (unpaired) electrons. The van der Waals surface area contributed by atoms with Crippen LogP contribution in [0.5, 0.6) is 17.2 Å². The molecule has 2 N–H and O–H groups in total. The van der Waals surface area contributed by atoms with Crippen LogP contribution < -0.4 is 14.8 Å². The van der Waals surface area contributed by atoms with Crippen molar-refractivity contribution in [2.24, 2.45) is 0 Å². The summed E-state index contributed by atoms with van der Waals surface area (Å²) in [6, 6.07) is 13.7. The second-order valence-electron chi connectivity index (χ2n) is 8.74. The van der Waals surface area contributed by atoms with Crippen molar-refractivity contribution in [2.45, 2.75) is 26.3 Å². The molecular weight excluding hydrogens is 405 g/mol. The summed E-state index contributed by atoms with van der Waals surface area (Å²) in [6.45, 7) is 6.32. The molecule has 0 unspecified atom stereocenters. The van der Waals surface area contributed by atoms with Crippen LogP contribution in [0.4, 0.5) is 10.1 Å². The summed E-state index contributed by atoms with van der Waals surface area (Å²) < 4.78 is 25.8. The number of halogens is 1. The Kier molecular flexibility index (Phi) is 4.52. The third-order valence-electron chi connectivity index (χ3n) is 5.82. The van der Waals surface area contributed by atoms with Crippen LogP contribution in [0.15, 0.2) is 54.6 Å². The van der Waals surface area contributed by atoms with Crippen LogP contribution in [0.1, 0.15) is 37.5 Å². The Bertz CT molecular complexity index is 1320. The fraction of sp³-hybridized carbons (Fsp3) is 0.185. The third-order valence-corrected chi connectivity index (χ3v) is 5.82. The summed E-state index contributed by atoms with van der Waals surface area (Å²) in [7, 11) is 1.53. The van der Waals surface area contributed by atoms with E-state index in [1.165, 1.54) is 19.2 Å². The second kappa shape index (κ2) is 7.16. The van der Waals surface area contributed by atoms with E-state index in [1.807, 2.05) is 24.3 Å². The van der Waals surface area contributed by atoms with Crippen LogP contribution in [0, 0.1) is 5.82 Å². The molecule has 0 spiro atoms. The molecule has 0 bridgehead atoms. The smallest absolute Gasteiger partial charge is 0.172 e. The van der Waals surface area contributed by atoms with Crippen molar-refractivity contribution < 1.29 is 19.0 Å². The van der Waals surface area contributed by atoms with Gasteiger partial charge in [-0.25, -0.2) is 4.39 Å². The molecule has 3 aromatic rings. The number of methoxy groups -OCH3 is 1. The molecule has 162 valence electrons. The summed E-state index contributed by atoms with van der Waals surface area (Å²) >= 11 is 0. The van der Waals surface area contributed by atoms with Gasteiger partial charge in [0.1, 0.15) is 17.3 Å². The fourth-order valence-electron chi connectivity index (χ4n) is 4.70. The number of ether oxygens (including phenoxy) is 2. The lowest BCUT2D eigenvalue weighted by atomic mass is 9.83. The topological polar surface area (TPSA) is 50.7 Å². The van der Waals surface area contributed by atoms with E-state index in [1.54, 1.807) is 18.2 Å². The first-order chi connectivity index (χ1) is 15.3. The molecule has 2 heterocycles. The highest BCUT2D eigenvalue weighted by Crippen LogP contribution is 2.54. The van der Waals surface area contributed by atoms with Crippen LogP contribution in [-0.2, 0) is 0 Å². The molecule has 32 heavy (non-hydrogen) atoms. The van der Waals surface area contributed by atoms with Crippen LogP contribution in [0.3, 0.4) is 0 Å². The summed E-state index contributed by atoms with van der Waals surface area (Å²) in [6.07, 6.45) is 4.03. The molecule has 2 aliphatic heterocycles. The zero-order chi connectivity index (χ0) is 22.6. The highest BCUT2D eigenvalue weighted by molar-refractivity contribution is 6.02.